The highest BCUT2D eigenvalue weighted by molar-refractivity contribution is 6.35. The summed E-state index contributed by atoms with van der Waals surface area (Å²) in [6.45, 7) is 0. The SMILES string of the molecule is COC=C(C(=O)OC)N(C)c1cccc(C#Cc2ccc(Cl)cc2Cl)n1. The molecule has 0 bridgehead atoms. The maximum Gasteiger partial charge on any atom is 0.357 e. The van der Waals surface area contributed by atoms with Crippen molar-refractivity contribution in [2.75, 3.05) is 26.2 Å². The second kappa shape index (κ2) is 9.14. The Morgan fingerprint density at radius 1 is 1.19 bits per heavy atom. The van der Waals surface area contributed by atoms with E-state index in [1.54, 1.807) is 48.3 Å². The van der Waals surface area contributed by atoms with Crippen molar-refractivity contribution in [2.24, 2.45) is 0 Å². The number of methoxy groups -OCH3 is 2. The summed E-state index contributed by atoms with van der Waals surface area (Å²) in [5.41, 5.74) is 1.36. The number of anilines is 1. The van der Waals surface area contributed by atoms with Crippen LogP contribution in [-0.2, 0) is 14.3 Å². The number of likely N-dealkylation sites (N-methyl/N-ethyl adjacent to an activating group) is 1. The van der Waals surface area contributed by atoms with Crippen molar-refractivity contribution in [3.05, 3.63) is 69.7 Å². The van der Waals surface area contributed by atoms with Gasteiger partial charge in [-0.25, -0.2) is 9.78 Å². The van der Waals surface area contributed by atoms with Gasteiger partial charge in [0.15, 0.2) is 5.70 Å². The third kappa shape index (κ3) is 4.92. The number of carbonyl (C=O) groups is 1. The van der Waals surface area contributed by atoms with Crippen LogP contribution < -0.4 is 4.90 Å². The van der Waals surface area contributed by atoms with Crippen LogP contribution in [0.15, 0.2) is 48.4 Å². The zero-order valence-corrected chi connectivity index (χ0v) is 15.9. The average molecular weight is 391 g/mol. The third-order valence-corrected chi connectivity index (χ3v) is 3.87. The number of aromatic nitrogens is 1. The maximum atomic E-state index is 11.9. The minimum absolute atomic E-state index is 0.202. The van der Waals surface area contributed by atoms with Crippen molar-refractivity contribution >= 4 is 35.0 Å². The number of benzene rings is 1. The van der Waals surface area contributed by atoms with Gasteiger partial charge in [0, 0.05) is 17.6 Å². The van der Waals surface area contributed by atoms with Crippen molar-refractivity contribution < 1.29 is 14.3 Å². The fourth-order valence-electron chi connectivity index (χ4n) is 2.01. The Hall–Kier alpha value is -2.68. The first-order valence-electron chi connectivity index (χ1n) is 7.45. The first-order valence-corrected chi connectivity index (χ1v) is 8.21. The molecule has 0 radical (unpaired) electrons. The minimum Gasteiger partial charge on any atom is -0.502 e. The lowest BCUT2D eigenvalue weighted by atomic mass is 10.2. The lowest BCUT2D eigenvalue weighted by molar-refractivity contribution is -0.136. The van der Waals surface area contributed by atoms with Crippen LogP contribution in [0.5, 0.6) is 0 Å². The molecule has 0 saturated carbocycles. The van der Waals surface area contributed by atoms with Crippen molar-refractivity contribution in [3.63, 3.8) is 0 Å². The molecule has 0 aliphatic carbocycles. The molecule has 1 aromatic carbocycles. The summed E-state index contributed by atoms with van der Waals surface area (Å²) in [5.74, 6) is 5.87. The minimum atomic E-state index is -0.541. The summed E-state index contributed by atoms with van der Waals surface area (Å²) in [7, 11) is 4.42. The number of hydrogen-bond acceptors (Lipinski definition) is 5. The normalized spacial score (nSPS) is 10.6. The fraction of sp³-hybridized carbons (Fsp3) is 0.158. The van der Waals surface area contributed by atoms with Gasteiger partial charge in [-0.1, -0.05) is 35.2 Å². The Bertz CT molecular complexity index is 901. The Morgan fingerprint density at radius 3 is 2.62 bits per heavy atom. The van der Waals surface area contributed by atoms with Crippen LogP contribution in [0.1, 0.15) is 11.3 Å². The van der Waals surface area contributed by atoms with Crippen LogP contribution in [0, 0.1) is 11.8 Å². The number of hydrogen-bond donors (Lipinski definition) is 0. The van der Waals surface area contributed by atoms with Crippen LogP contribution in [0.2, 0.25) is 10.0 Å². The van der Waals surface area contributed by atoms with Gasteiger partial charge in [-0.15, -0.1) is 0 Å². The zero-order chi connectivity index (χ0) is 19.1. The lowest BCUT2D eigenvalue weighted by Crippen LogP contribution is -2.25. The molecule has 0 amide bonds. The molecular weight excluding hydrogens is 375 g/mol. The van der Waals surface area contributed by atoms with Gasteiger partial charge >= 0.3 is 5.97 Å². The lowest BCUT2D eigenvalue weighted by Gasteiger charge is -2.19. The Labute approximate surface area is 162 Å². The van der Waals surface area contributed by atoms with Gasteiger partial charge < -0.3 is 14.4 Å². The van der Waals surface area contributed by atoms with Crippen LogP contribution >= 0.6 is 23.2 Å². The van der Waals surface area contributed by atoms with E-state index >= 15 is 0 Å². The van der Waals surface area contributed by atoms with Crippen molar-refractivity contribution in [1.82, 2.24) is 4.98 Å². The third-order valence-electron chi connectivity index (χ3n) is 3.32. The molecule has 0 fully saturated rings. The number of pyridine rings is 1. The van der Waals surface area contributed by atoms with Crippen LogP contribution in [0.25, 0.3) is 0 Å². The summed E-state index contributed by atoms with van der Waals surface area (Å²) in [4.78, 5) is 17.9. The summed E-state index contributed by atoms with van der Waals surface area (Å²) >= 11 is 12.0. The number of nitrogens with zero attached hydrogens (tertiary/aromatic N) is 2. The average Bonchev–Trinajstić information content (AvgIpc) is 2.64. The molecule has 7 heteroatoms. The quantitative estimate of drug-likeness (QED) is 0.343. The molecule has 26 heavy (non-hydrogen) atoms. The predicted molar refractivity (Wildman–Crippen MR) is 102 cm³/mol. The van der Waals surface area contributed by atoms with E-state index in [9.17, 15) is 4.79 Å². The monoisotopic (exact) mass is 390 g/mol. The molecule has 0 spiro atoms. The van der Waals surface area contributed by atoms with Crippen LogP contribution in [0.3, 0.4) is 0 Å². The van der Waals surface area contributed by atoms with E-state index < -0.39 is 5.97 Å². The molecule has 1 heterocycles. The number of halogens is 2. The zero-order valence-electron chi connectivity index (χ0n) is 14.4. The maximum absolute atomic E-state index is 11.9. The molecule has 2 aromatic rings. The molecule has 134 valence electrons. The number of esters is 1. The predicted octanol–water partition coefficient (Wildman–Crippen LogP) is 3.89. The van der Waals surface area contributed by atoms with E-state index in [0.29, 0.717) is 27.1 Å². The molecule has 0 saturated heterocycles. The summed E-state index contributed by atoms with van der Waals surface area (Å²) in [6.07, 6.45) is 1.29. The molecule has 1 aromatic heterocycles. The first-order chi connectivity index (χ1) is 12.5. The summed E-state index contributed by atoms with van der Waals surface area (Å²) in [5, 5.41) is 1.01. The Kier molecular flexibility index (Phi) is 6.90. The number of rotatable bonds is 4. The Balaban J connectivity index is 2.32. The van der Waals surface area contributed by atoms with Crippen molar-refractivity contribution in [3.8, 4) is 11.8 Å². The summed E-state index contributed by atoms with van der Waals surface area (Å²) in [6, 6.07) is 10.4. The van der Waals surface area contributed by atoms with Gasteiger partial charge in [0.25, 0.3) is 0 Å². The molecule has 0 aliphatic heterocycles. The van der Waals surface area contributed by atoms with E-state index in [-0.39, 0.29) is 5.70 Å². The largest absolute Gasteiger partial charge is 0.502 e. The molecule has 2 rings (SSSR count). The topological polar surface area (TPSA) is 51.7 Å². The van der Waals surface area contributed by atoms with Gasteiger partial charge in [0.05, 0.1) is 19.2 Å². The van der Waals surface area contributed by atoms with E-state index in [1.165, 1.54) is 20.5 Å². The van der Waals surface area contributed by atoms with Crippen LogP contribution in [0.4, 0.5) is 5.82 Å². The molecular formula is C19H16Cl2N2O3. The smallest absolute Gasteiger partial charge is 0.357 e. The molecule has 0 atom stereocenters. The highest BCUT2D eigenvalue weighted by Crippen LogP contribution is 2.20. The summed E-state index contributed by atoms with van der Waals surface area (Å²) < 4.78 is 9.70. The van der Waals surface area contributed by atoms with Gasteiger partial charge in [-0.2, -0.15) is 0 Å². The van der Waals surface area contributed by atoms with E-state index in [2.05, 4.69) is 16.8 Å². The molecule has 5 nitrogen and oxygen atoms in total. The van der Waals surface area contributed by atoms with Gasteiger partial charge in [0.2, 0.25) is 0 Å². The second-order valence-electron chi connectivity index (χ2n) is 5.04. The van der Waals surface area contributed by atoms with Gasteiger partial charge in [-0.05, 0) is 36.3 Å². The number of ether oxygens (including phenoxy) is 2. The molecule has 0 aliphatic rings. The first kappa shape index (κ1) is 19.6. The number of carbonyl (C=O) groups excluding carboxylic acids is 1. The van der Waals surface area contributed by atoms with E-state index in [0.717, 1.165) is 0 Å². The standard InChI is InChI=1S/C19H16Cl2N2O3/c1-23(17(12-25-2)19(24)26-3)18-6-4-5-15(22-18)10-8-13-7-9-14(20)11-16(13)21/h4-7,9,11-12H,1-3H3. The fourth-order valence-corrected chi connectivity index (χ4v) is 2.46. The van der Waals surface area contributed by atoms with Gasteiger partial charge in [-0.3, -0.25) is 0 Å². The van der Waals surface area contributed by atoms with Crippen molar-refractivity contribution in [2.45, 2.75) is 0 Å². The molecule has 0 N–H and O–H groups in total. The second-order valence-corrected chi connectivity index (χ2v) is 5.89. The van der Waals surface area contributed by atoms with E-state index in [4.69, 9.17) is 32.7 Å². The van der Waals surface area contributed by atoms with Crippen LogP contribution in [-0.4, -0.2) is 32.2 Å². The van der Waals surface area contributed by atoms with Gasteiger partial charge in [0.1, 0.15) is 17.8 Å². The van der Waals surface area contributed by atoms with E-state index in [1.807, 2.05) is 0 Å². The highest BCUT2D eigenvalue weighted by Gasteiger charge is 2.18. The molecule has 0 unspecified atom stereocenters. The van der Waals surface area contributed by atoms with Crippen molar-refractivity contribution in [1.29, 1.82) is 0 Å². The Morgan fingerprint density at radius 2 is 1.96 bits per heavy atom. The highest BCUT2D eigenvalue weighted by atomic mass is 35.5.